The molecule has 1 rings (SSSR count). The molecule has 0 spiro atoms. The number of rotatable bonds is 3. The van der Waals surface area contributed by atoms with Gasteiger partial charge in [-0.25, -0.2) is 4.39 Å². The Hall–Kier alpha value is -1.64. The number of aliphatic hydroxyl groups excluding tert-OH is 1. The van der Waals surface area contributed by atoms with Crippen molar-refractivity contribution in [3.63, 3.8) is 0 Å². The van der Waals surface area contributed by atoms with Gasteiger partial charge in [0, 0.05) is 6.54 Å². The second-order valence-electron chi connectivity index (χ2n) is 3.08. The zero-order valence-electron chi connectivity index (χ0n) is 8.16. The molecule has 0 aliphatic rings. The van der Waals surface area contributed by atoms with Crippen molar-refractivity contribution in [1.82, 2.24) is 5.32 Å². The lowest BCUT2D eigenvalue weighted by molar-refractivity contribution is 0.177. The van der Waals surface area contributed by atoms with Gasteiger partial charge in [-0.05, 0) is 24.7 Å². The highest BCUT2D eigenvalue weighted by Crippen LogP contribution is 2.25. The quantitative estimate of drug-likeness (QED) is 0.684. The highest BCUT2D eigenvalue weighted by molar-refractivity contribution is 5.46. The molecule has 80 valence electrons. The van der Waals surface area contributed by atoms with Crippen molar-refractivity contribution >= 4 is 0 Å². The maximum atomic E-state index is 13.1. The van der Waals surface area contributed by atoms with E-state index in [1.165, 1.54) is 6.07 Å². The number of nitrogens with zero attached hydrogens (tertiary/aromatic N) is 1. The first kappa shape index (κ1) is 11.4. The Kier molecular flexibility index (Phi) is 3.61. The smallest absolute Gasteiger partial charge is 0.169 e. The molecule has 0 heterocycles. The average molecular weight is 210 g/mol. The minimum atomic E-state index is -0.905. The summed E-state index contributed by atoms with van der Waals surface area (Å²) in [6, 6.07) is 3.93. The van der Waals surface area contributed by atoms with Crippen LogP contribution < -0.4 is 5.32 Å². The third kappa shape index (κ3) is 2.43. The van der Waals surface area contributed by atoms with Crippen LogP contribution in [0.1, 0.15) is 17.2 Å². The molecule has 0 saturated heterocycles. The Labute approximate surface area is 86.6 Å². The number of halogens is 1. The van der Waals surface area contributed by atoms with Gasteiger partial charge in [0.25, 0.3) is 0 Å². The molecule has 15 heavy (non-hydrogen) atoms. The first-order valence-corrected chi connectivity index (χ1v) is 4.35. The van der Waals surface area contributed by atoms with Crippen LogP contribution in [0.3, 0.4) is 0 Å². The van der Waals surface area contributed by atoms with Crippen molar-refractivity contribution in [2.75, 3.05) is 13.6 Å². The SMILES string of the molecule is CNCC(O)c1cc(F)c(O)c(C#N)c1. The van der Waals surface area contributed by atoms with Crippen LogP contribution in [0, 0.1) is 17.1 Å². The minimum absolute atomic E-state index is 0.180. The topological polar surface area (TPSA) is 76.3 Å². The molecular weight excluding hydrogens is 199 g/mol. The fourth-order valence-corrected chi connectivity index (χ4v) is 1.21. The van der Waals surface area contributed by atoms with Crippen LogP contribution in [0.15, 0.2) is 12.1 Å². The van der Waals surface area contributed by atoms with E-state index in [0.29, 0.717) is 0 Å². The summed E-state index contributed by atoms with van der Waals surface area (Å²) < 4.78 is 13.1. The zero-order valence-corrected chi connectivity index (χ0v) is 8.16. The molecule has 0 saturated carbocycles. The molecule has 0 fully saturated rings. The van der Waals surface area contributed by atoms with E-state index in [0.717, 1.165) is 6.07 Å². The van der Waals surface area contributed by atoms with E-state index in [9.17, 15) is 9.50 Å². The Balaban J connectivity index is 3.12. The third-order valence-electron chi connectivity index (χ3n) is 1.99. The van der Waals surface area contributed by atoms with Crippen molar-refractivity contribution in [1.29, 1.82) is 5.26 Å². The second-order valence-corrected chi connectivity index (χ2v) is 3.08. The number of likely N-dealkylation sites (N-methyl/N-ethyl adjacent to an activating group) is 1. The number of phenolic OH excluding ortho intramolecular Hbond substituents is 1. The molecule has 0 bridgehead atoms. The first-order valence-electron chi connectivity index (χ1n) is 4.35. The van der Waals surface area contributed by atoms with Crippen LogP contribution in [0.4, 0.5) is 4.39 Å². The molecule has 1 aromatic carbocycles. The van der Waals surface area contributed by atoms with Gasteiger partial charge in [-0.3, -0.25) is 0 Å². The van der Waals surface area contributed by atoms with Crippen LogP contribution in [0.2, 0.25) is 0 Å². The van der Waals surface area contributed by atoms with Gasteiger partial charge in [0.1, 0.15) is 6.07 Å². The molecule has 4 nitrogen and oxygen atoms in total. The fraction of sp³-hybridized carbons (Fsp3) is 0.300. The molecular formula is C10H11FN2O2. The number of nitriles is 1. The highest BCUT2D eigenvalue weighted by Gasteiger charge is 2.14. The number of benzene rings is 1. The summed E-state index contributed by atoms with van der Waals surface area (Å²) in [5.41, 5.74) is 0.0800. The van der Waals surface area contributed by atoms with E-state index in [1.807, 2.05) is 0 Å². The van der Waals surface area contributed by atoms with Gasteiger partial charge in [-0.1, -0.05) is 0 Å². The molecule has 1 unspecified atom stereocenters. The van der Waals surface area contributed by atoms with Crippen molar-refractivity contribution < 1.29 is 14.6 Å². The monoisotopic (exact) mass is 210 g/mol. The van der Waals surface area contributed by atoms with E-state index in [-0.39, 0.29) is 17.7 Å². The molecule has 0 aliphatic carbocycles. The summed E-state index contributed by atoms with van der Waals surface area (Å²) in [7, 11) is 1.64. The zero-order chi connectivity index (χ0) is 11.4. The maximum absolute atomic E-state index is 13.1. The molecule has 0 radical (unpaired) electrons. The summed E-state index contributed by atoms with van der Waals surface area (Å²) in [5, 5.41) is 30.0. The Morgan fingerprint density at radius 3 is 2.80 bits per heavy atom. The predicted octanol–water partition coefficient (Wildman–Crippen LogP) is 0.656. The van der Waals surface area contributed by atoms with Crippen molar-refractivity contribution in [3.8, 4) is 11.8 Å². The molecule has 5 heteroatoms. The molecule has 0 aromatic heterocycles. The van der Waals surface area contributed by atoms with E-state index in [1.54, 1.807) is 13.1 Å². The normalized spacial score (nSPS) is 12.1. The molecule has 0 amide bonds. The van der Waals surface area contributed by atoms with E-state index >= 15 is 0 Å². The predicted molar refractivity (Wildman–Crippen MR) is 51.7 cm³/mol. The molecule has 1 atom stereocenters. The molecule has 3 N–H and O–H groups in total. The largest absolute Gasteiger partial charge is 0.504 e. The van der Waals surface area contributed by atoms with Gasteiger partial charge in [0.05, 0.1) is 11.7 Å². The number of aliphatic hydroxyl groups is 1. The van der Waals surface area contributed by atoms with Crippen molar-refractivity contribution in [2.24, 2.45) is 0 Å². The van der Waals surface area contributed by atoms with Gasteiger partial charge in [-0.15, -0.1) is 0 Å². The Morgan fingerprint density at radius 1 is 1.60 bits per heavy atom. The summed E-state index contributed by atoms with van der Waals surface area (Å²) in [6.07, 6.45) is -0.905. The molecule has 0 aliphatic heterocycles. The van der Waals surface area contributed by atoms with Gasteiger partial charge in [-0.2, -0.15) is 5.26 Å². The highest BCUT2D eigenvalue weighted by atomic mass is 19.1. The van der Waals surface area contributed by atoms with Gasteiger partial charge in [0.2, 0.25) is 0 Å². The number of aromatic hydroxyl groups is 1. The van der Waals surface area contributed by atoms with Crippen LogP contribution >= 0.6 is 0 Å². The van der Waals surface area contributed by atoms with Crippen molar-refractivity contribution in [2.45, 2.75) is 6.10 Å². The lowest BCUT2D eigenvalue weighted by Crippen LogP contribution is -2.16. The van der Waals surface area contributed by atoms with Gasteiger partial charge < -0.3 is 15.5 Å². The number of phenols is 1. The lowest BCUT2D eigenvalue weighted by Gasteiger charge is -2.11. The Bertz CT molecular complexity index is 401. The Morgan fingerprint density at radius 2 is 2.27 bits per heavy atom. The van der Waals surface area contributed by atoms with E-state index < -0.39 is 17.7 Å². The first-order chi connectivity index (χ1) is 7.10. The van der Waals surface area contributed by atoms with Crippen LogP contribution in [-0.4, -0.2) is 23.8 Å². The standard InChI is InChI=1S/C10H11FN2O2/c1-13-5-9(14)6-2-7(4-12)10(15)8(11)3-6/h2-3,9,13-15H,5H2,1H3. The summed E-state index contributed by atoms with van der Waals surface area (Å²) in [6.45, 7) is 0.245. The van der Waals surface area contributed by atoms with E-state index in [2.05, 4.69) is 5.32 Å². The summed E-state index contributed by atoms with van der Waals surface area (Å²) >= 11 is 0. The second kappa shape index (κ2) is 4.73. The van der Waals surface area contributed by atoms with Gasteiger partial charge in [0.15, 0.2) is 11.6 Å². The van der Waals surface area contributed by atoms with Crippen LogP contribution in [0.25, 0.3) is 0 Å². The number of nitrogens with one attached hydrogen (secondary N) is 1. The minimum Gasteiger partial charge on any atom is -0.504 e. The summed E-state index contributed by atoms with van der Waals surface area (Å²) in [4.78, 5) is 0. The average Bonchev–Trinajstić information content (AvgIpc) is 2.22. The third-order valence-corrected chi connectivity index (χ3v) is 1.99. The lowest BCUT2D eigenvalue weighted by atomic mass is 10.1. The summed E-state index contributed by atoms with van der Waals surface area (Å²) in [5.74, 6) is -1.59. The van der Waals surface area contributed by atoms with Crippen LogP contribution in [0.5, 0.6) is 5.75 Å². The van der Waals surface area contributed by atoms with E-state index in [4.69, 9.17) is 10.4 Å². The number of hydrogen-bond donors (Lipinski definition) is 3. The van der Waals surface area contributed by atoms with Crippen LogP contribution in [-0.2, 0) is 0 Å². The van der Waals surface area contributed by atoms with Crippen molar-refractivity contribution in [3.05, 3.63) is 29.1 Å². The maximum Gasteiger partial charge on any atom is 0.169 e. The fourth-order valence-electron chi connectivity index (χ4n) is 1.21. The number of hydrogen-bond acceptors (Lipinski definition) is 4. The van der Waals surface area contributed by atoms with Gasteiger partial charge >= 0.3 is 0 Å². The molecule has 1 aromatic rings.